The summed E-state index contributed by atoms with van der Waals surface area (Å²) in [5.74, 6) is 0.529. The number of methoxy groups -OCH3 is 1. The van der Waals surface area contributed by atoms with Crippen molar-refractivity contribution in [1.29, 1.82) is 5.39 Å². The molecule has 0 unspecified atom stereocenters. The Kier molecular flexibility index (Phi) is 6.93. The minimum absolute atomic E-state index is 0.425. The minimum atomic E-state index is -6.09. The number of alkyl halides is 3. The van der Waals surface area contributed by atoms with E-state index in [4.69, 9.17) is 23.1 Å². The molecule has 0 bridgehead atoms. The lowest BCUT2D eigenvalue weighted by molar-refractivity contribution is -0.0517. The first kappa shape index (κ1) is 21.2. The molecule has 2 aromatic rings. The van der Waals surface area contributed by atoms with Gasteiger partial charge in [0.05, 0.1) is 7.11 Å². The number of nitrogens with one attached hydrogen (secondary N) is 1. The fourth-order valence-electron chi connectivity index (χ4n) is 1.73. The van der Waals surface area contributed by atoms with Crippen LogP contribution in [0.4, 0.5) is 30.2 Å². The SMILES string of the molecule is COc1cc(Nc2ccccc2)c(C)cc1[N+]#N.O=S(=O)([O-])C(F)(F)F. The standard InChI is InChI=1S/C14H14N3O.CHF3O3S/c1-10-8-13(17-15)14(18-2)9-12(10)16-11-6-4-3-5-7-11;2-1(3,4)8(5,6)7/h3-9,16H,1-2H3;(H,5,6,7)/q+1;/p-1. The number of hydrogen-bond acceptors (Lipinski definition) is 6. The molecule has 7 nitrogen and oxygen atoms in total. The van der Waals surface area contributed by atoms with Crippen LogP contribution in [0.5, 0.6) is 5.75 Å². The monoisotopic (exact) mass is 389 g/mol. The maximum Gasteiger partial charge on any atom is 0.485 e. The highest BCUT2D eigenvalue weighted by Crippen LogP contribution is 2.34. The molecule has 0 aliphatic rings. The Morgan fingerprint density at radius 3 is 2.15 bits per heavy atom. The summed E-state index contributed by atoms with van der Waals surface area (Å²) in [6.45, 7) is 1.94. The average Bonchev–Trinajstić information content (AvgIpc) is 2.56. The maximum absolute atomic E-state index is 10.7. The second-order valence-corrected chi connectivity index (χ2v) is 6.20. The molecule has 0 aromatic heterocycles. The second-order valence-electron chi connectivity index (χ2n) is 4.83. The lowest BCUT2D eigenvalue weighted by atomic mass is 10.1. The highest BCUT2D eigenvalue weighted by Gasteiger charge is 2.36. The maximum atomic E-state index is 10.7. The summed E-state index contributed by atoms with van der Waals surface area (Å²) in [6, 6.07) is 13.4. The lowest BCUT2D eigenvalue weighted by Gasteiger charge is -2.09. The molecule has 0 aliphatic heterocycles. The number of benzene rings is 2. The van der Waals surface area contributed by atoms with Crippen LogP contribution >= 0.6 is 0 Å². The number of rotatable bonds is 3. The van der Waals surface area contributed by atoms with Crippen LogP contribution in [0.25, 0.3) is 4.98 Å². The molecular weight excluding hydrogens is 375 g/mol. The Morgan fingerprint density at radius 2 is 1.73 bits per heavy atom. The van der Waals surface area contributed by atoms with Crippen molar-refractivity contribution >= 4 is 27.2 Å². The van der Waals surface area contributed by atoms with Crippen molar-refractivity contribution in [3.05, 3.63) is 53.0 Å². The molecule has 1 N–H and O–H groups in total. The number of para-hydroxylation sites is 1. The van der Waals surface area contributed by atoms with Gasteiger partial charge < -0.3 is 14.6 Å². The molecule has 140 valence electrons. The first-order valence-corrected chi connectivity index (χ1v) is 8.28. The molecule has 0 radical (unpaired) electrons. The molecule has 0 heterocycles. The molecule has 2 rings (SSSR count). The largest absolute Gasteiger partial charge is 0.741 e. The van der Waals surface area contributed by atoms with E-state index in [9.17, 15) is 13.2 Å². The number of halogens is 3. The van der Waals surface area contributed by atoms with E-state index in [-0.39, 0.29) is 0 Å². The predicted molar refractivity (Wildman–Crippen MR) is 88.0 cm³/mol. The average molecular weight is 389 g/mol. The van der Waals surface area contributed by atoms with Crippen LogP contribution in [0.2, 0.25) is 0 Å². The second kappa shape index (κ2) is 8.50. The summed E-state index contributed by atoms with van der Waals surface area (Å²) < 4.78 is 64.1. The van der Waals surface area contributed by atoms with E-state index < -0.39 is 15.6 Å². The van der Waals surface area contributed by atoms with Crippen molar-refractivity contribution in [3.8, 4) is 5.75 Å². The van der Waals surface area contributed by atoms with E-state index in [1.165, 1.54) is 0 Å². The number of hydrogen-bond donors (Lipinski definition) is 1. The highest BCUT2D eigenvalue weighted by atomic mass is 32.2. The molecule has 2 aromatic carbocycles. The van der Waals surface area contributed by atoms with E-state index in [1.807, 2.05) is 43.3 Å². The van der Waals surface area contributed by atoms with Crippen molar-refractivity contribution in [2.75, 3.05) is 12.4 Å². The van der Waals surface area contributed by atoms with Gasteiger partial charge in [-0.2, -0.15) is 13.2 Å². The normalized spacial score (nSPS) is 11.0. The van der Waals surface area contributed by atoms with Gasteiger partial charge in [0.15, 0.2) is 15.1 Å². The number of aryl methyl sites for hydroxylation is 1. The molecule has 0 spiro atoms. The van der Waals surface area contributed by atoms with E-state index in [0.29, 0.717) is 11.4 Å². The quantitative estimate of drug-likeness (QED) is 0.477. The van der Waals surface area contributed by atoms with Gasteiger partial charge in [0, 0.05) is 23.5 Å². The summed E-state index contributed by atoms with van der Waals surface area (Å²) >= 11 is 0. The van der Waals surface area contributed by atoms with Gasteiger partial charge in [0.25, 0.3) is 0 Å². The van der Waals surface area contributed by atoms with Crippen molar-refractivity contribution < 1.29 is 30.9 Å². The molecule has 26 heavy (non-hydrogen) atoms. The number of nitrogens with zero attached hydrogens (tertiary/aromatic N) is 2. The summed E-state index contributed by atoms with van der Waals surface area (Å²) in [6.07, 6.45) is 0. The van der Waals surface area contributed by atoms with E-state index in [1.54, 1.807) is 13.2 Å². The van der Waals surface area contributed by atoms with Crippen LogP contribution in [0.1, 0.15) is 5.56 Å². The highest BCUT2D eigenvalue weighted by molar-refractivity contribution is 7.86. The zero-order valence-corrected chi connectivity index (χ0v) is 14.4. The van der Waals surface area contributed by atoms with E-state index in [0.717, 1.165) is 16.9 Å². The first-order chi connectivity index (χ1) is 12.0. The Bertz CT molecular complexity index is 895. The summed E-state index contributed by atoms with van der Waals surface area (Å²) in [5.41, 5.74) is -2.32. The van der Waals surface area contributed by atoms with Gasteiger partial charge in [-0.3, -0.25) is 0 Å². The van der Waals surface area contributed by atoms with Gasteiger partial charge in [-0.1, -0.05) is 18.2 Å². The summed E-state index contributed by atoms with van der Waals surface area (Å²) in [7, 11) is -4.54. The summed E-state index contributed by atoms with van der Waals surface area (Å²) in [5, 5.41) is 12.2. The molecular formula is C15H14F3N3O4S. The van der Waals surface area contributed by atoms with Crippen LogP contribution in [0.3, 0.4) is 0 Å². The minimum Gasteiger partial charge on any atom is -0.741 e. The van der Waals surface area contributed by atoms with Crippen LogP contribution in [0.15, 0.2) is 42.5 Å². The molecule has 0 saturated carbocycles. The van der Waals surface area contributed by atoms with Gasteiger partial charge >= 0.3 is 11.2 Å². The van der Waals surface area contributed by atoms with Crippen LogP contribution in [-0.4, -0.2) is 25.6 Å². The third-order valence-electron chi connectivity index (χ3n) is 2.97. The topological polar surface area (TPSA) is 107 Å². The van der Waals surface area contributed by atoms with Crippen LogP contribution in [0, 0.1) is 12.3 Å². The smallest absolute Gasteiger partial charge is 0.485 e. The van der Waals surface area contributed by atoms with Crippen LogP contribution in [-0.2, 0) is 10.1 Å². The molecule has 0 aliphatic carbocycles. The van der Waals surface area contributed by atoms with Crippen molar-refractivity contribution in [2.24, 2.45) is 0 Å². The van der Waals surface area contributed by atoms with Gasteiger partial charge in [-0.05, 0) is 24.6 Å². The number of diazo groups is 1. The molecule has 0 saturated heterocycles. The van der Waals surface area contributed by atoms with Gasteiger partial charge in [-0.25, -0.2) is 8.42 Å². The Balaban J connectivity index is 0.000000359. The Morgan fingerprint density at radius 1 is 1.19 bits per heavy atom. The summed E-state index contributed by atoms with van der Waals surface area (Å²) in [4.78, 5) is 3.20. The van der Waals surface area contributed by atoms with Crippen molar-refractivity contribution in [3.63, 3.8) is 0 Å². The van der Waals surface area contributed by atoms with Gasteiger partial charge in [0.1, 0.15) is 0 Å². The molecule has 0 atom stereocenters. The first-order valence-electron chi connectivity index (χ1n) is 6.87. The van der Waals surface area contributed by atoms with Crippen LogP contribution < -0.4 is 10.1 Å². The number of anilines is 2. The van der Waals surface area contributed by atoms with Gasteiger partial charge in [0.2, 0.25) is 11.1 Å². The fraction of sp³-hybridized carbons (Fsp3) is 0.200. The van der Waals surface area contributed by atoms with Gasteiger partial charge in [-0.15, -0.1) is 0 Å². The van der Waals surface area contributed by atoms with E-state index >= 15 is 0 Å². The Hall–Kier alpha value is -2.84. The fourth-order valence-corrected chi connectivity index (χ4v) is 1.73. The van der Waals surface area contributed by atoms with E-state index in [2.05, 4.69) is 10.3 Å². The molecule has 0 amide bonds. The molecule has 11 heteroatoms. The zero-order valence-electron chi connectivity index (χ0n) is 13.6. The number of ether oxygens (including phenoxy) is 1. The molecule has 0 fully saturated rings. The zero-order chi connectivity index (χ0) is 20.0. The Labute approximate surface area is 147 Å². The third kappa shape index (κ3) is 5.91. The predicted octanol–water partition coefficient (Wildman–Crippen LogP) is 4.28. The van der Waals surface area contributed by atoms with Crippen molar-refractivity contribution in [1.82, 2.24) is 0 Å². The third-order valence-corrected chi connectivity index (χ3v) is 3.54. The lowest BCUT2D eigenvalue weighted by Crippen LogP contribution is -2.21. The van der Waals surface area contributed by atoms with Crippen molar-refractivity contribution in [2.45, 2.75) is 12.4 Å².